The zero-order valence-electron chi connectivity index (χ0n) is 20.7. The molecule has 2 fully saturated rings. The summed E-state index contributed by atoms with van der Waals surface area (Å²) < 4.78 is 31.7. The number of ether oxygens (including phenoxy) is 3. The fourth-order valence-electron chi connectivity index (χ4n) is 4.66. The van der Waals surface area contributed by atoms with Crippen LogP contribution < -0.4 is 4.74 Å². The van der Waals surface area contributed by atoms with E-state index >= 15 is 4.39 Å². The van der Waals surface area contributed by atoms with Gasteiger partial charge in [-0.3, -0.25) is 14.5 Å². The molecule has 2 aliphatic rings. The molecule has 2 atom stereocenters. The van der Waals surface area contributed by atoms with Crippen LogP contribution in [0.5, 0.6) is 5.75 Å². The van der Waals surface area contributed by atoms with E-state index in [1.807, 2.05) is 30.3 Å². The van der Waals surface area contributed by atoms with Gasteiger partial charge in [0, 0.05) is 26.1 Å². The number of amides is 2. The third kappa shape index (κ3) is 5.15. The Labute approximate surface area is 209 Å². The highest BCUT2D eigenvalue weighted by Crippen LogP contribution is 2.41. The predicted molar refractivity (Wildman–Crippen MR) is 129 cm³/mol. The molecule has 2 aliphatic heterocycles. The first-order valence-corrected chi connectivity index (χ1v) is 11.9. The molecule has 36 heavy (non-hydrogen) atoms. The Balaban J connectivity index is 1.35. The maximum Gasteiger partial charge on any atom is 0.410 e. The molecule has 0 aliphatic carbocycles. The lowest BCUT2D eigenvalue weighted by Crippen LogP contribution is -2.45. The Morgan fingerprint density at radius 1 is 1.03 bits per heavy atom. The number of hydrogen-bond acceptors (Lipinski definition) is 6. The van der Waals surface area contributed by atoms with Gasteiger partial charge in [-0.15, -0.1) is 0 Å². The molecule has 192 valence electrons. The number of alkyl halides is 1. The summed E-state index contributed by atoms with van der Waals surface area (Å²) in [5.41, 5.74) is -1.65. The second-order valence-corrected chi connectivity index (χ2v) is 9.86. The lowest BCUT2D eigenvalue weighted by atomic mass is 9.93. The van der Waals surface area contributed by atoms with E-state index in [-0.39, 0.29) is 39.3 Å². The summed E-state index contributed by atoms with van der Waals surface area (Å²) >= 11 is 0. The van der Waals surface area contributed by atoms with Crippen LogP contribution in [-0.4, -0.2) is 66.2 Å². The maximum absolute atomic E-state index is 15.8. The Morgan fingerprint density at radius 2 is 1.67 bits per heavy atom. The lowest BCUT2D eigenvalue weighted by Gasteiger charge is -2.29. The number of hydrogen-bond donors (Lipinski definition) is 0. The van der Waals surface area contributed by atoms with Crippen molar-refractivity contribution in [1.82, 2.24) is 9.80 Å². The summed E-state index contributed by atoms with van der Waals surface area (Å²) in [6, 6.07) is 15.4. The monoisotopic (exact) mass is 498 g/mol. The summed E-state index contributed by atoms with van der Waals surface area (Å²) in [5, 5.41) is 0. The van der Waals surface area contributed by atoms with E-state index in [0.717, 1.165) is 11.1 Å². The van der Waals surface area contributed by atoms with Crippen molar-refractivity contribution in [2.24, 2.45) is 5.41 Å². The van der Waals surface area contributed by atoms with Gasteiger partial charge in [-0.2, -0.15) is 0 Å². The van der Waals surface area contributed by atoms with E-state index in [9.17, 15) is 14.4 Å². The third-order valence-electron chi connectivity index (χ3n) is 6.76. The van der Waals surface area contributed by atoms with Gasteiger partial charge >= 0.3 is 12.1 Å². The number of esters is 1. The fourth-order valence-corrected chi connectivity index (χ4v) is 4.66. The van der Waals surface area contributed by atoms with E-state index < -0.39 is 35.1 Å². The van der Waals surface area contributed by atoms with Crippen molar-refractivity contribution in [2.45, 2.75) is 45.2 Å². The molecule has 2 aromatic rings. The summed E-state index contributed by atoms with van der Waals surface area (Å²) in [5.74, 6) is -0.515. The van der Waals surface area contributed by atoms with Crippen LogP contribution in [0.1, 0.15) is 31.4 Å². The standard InChI is InChI=1S/C27H31FN2O6/c1-26(2,24(32)35-16-20-9-11-21(34-3)12-10-20)18-29-15-22-27(28,23(29)31)13-14-30(22)25(33)36-17-19-7-5-4-6-8-19/h4-12,22H,13-18H2,1-3H3/t22-,27+/m0/s1. The van der Waals surface area contributed by atoms with Crippen molar-refractivity contribution in [1.29, 1.82) is 0 Å². The number of fused-ring (bicyclic) bond motifs is 1. The summed E-state index contributed by atoms with van der Waals surface area (Å²) in [6.07, 6.45) is -0.758. The zero-order valence-corrected chi connectivity index (χ0v) is 20.7. The van der Waals surface area contributed by atoms with Crippen molar-refractivity contribution in [3.05, 3.63) is 65.7 Å². The van der Waals surface area contributed by atoms with Crippen LogP contribution in [0.15, 0.2) is 54.6 Å². The summed E-state index contributed by atoms with van der Waals surface area (Å²) in [6.45, 7) is 3.50. The van der Waals surface area contributed by atoms with E-state index in [2.05, 4.69) is 0 Å². The molecule has 0 N–H and O–H groups in total. The van der Waals surface area contributed by atoms with Crippen LogP contribution in [-0.2, 0) is 32.3 Å². The summed E-state index contributed by atoms with van der Waals surface area (Å²) in [4.78, 5) is 41.1. The first kappa shape index (κ1) is 25.5. The fraction of sp³-hybridized carbons (Fsp3) is 0.444. The minimum atomic E-state index is -2.19. The van der Waals surface area contributed by atoms with Gasteiger partial charge in [0.15, 0.2) is 0 Å². The van der Waals surface area contributed by atoms with Gasteiger partial charge in [-0.1, -0.05) is 42.5 Å². The van der Waals surface area contributed by atoms with E-state index in [1.165, 1.54) is 9.80 Å². The quantitative estimate of drug-likeness (QED) is 0.516. The molecule has 0 unspecified atom stereocenters. The zero-order chi connectivity index (χ0) is 25.9. The molecule has 0 radical (unpaired) electrons. The second-order valence-electron chi connectivity index (χ2n) is 9.86. The highest BCUT2D eigenvalue weighted by atomic mass is 19.1. The minimum Gasteiger partial charge on any atom is -0.497 e. The Kier molecular flexibility index (Phi) is 7.19. The van der Waals surface area contributed by atoms with E-state index in [4.69, 9.17) is 14.2 Å². The SMILES string of the molecule is COc1ccc(COC(=O)C(C)(C)CN2C[C@@H]3N(C(=O)OCc4ccccc4)CC[C@]3(F)C2=O)cc1. The van der Waals surface area contributed by atoms with E-state index in [1.54, 1.807) is 45.2 Å². The third-order valence-corrected chi connectivity index (χ3v) is 6.76. The number of carbonyl (C=O) groups excluding carboxylic acids is 3. The van der Waals surface area contributed by atoms with Crippen LogP contribution in [0.25, 0.3) is 0 Å². The topological polar surface area (TPSA) is 85.4 Å². The van der Waals surface area contributed by atoms with Crippen LogP contribution in [0, 0.1) is 5.41 Å². The number of benzene rings is 2. The molecule has 0 spiro atoms. The van der Waals surface area contributed by atoms with Gasteiger partial charge in [-0.05, 0) is 37.1 Å². The number of likely N-dealkylation sites (tertiary alicyclic amines) is 2. The number of halogens is 1. The lowest BCUT2D eigenvalue weighted by molar-refractivity contribution is -0.157. The largest absolute Gasteiger partial charge is 0.497 e. The molecule has 2 aromatic carbocycles. The van der Waals surface area contributed by atoms with Crippen molar-refractivity contribution in [2.75, 3.05) is 26.7 Å². The van der Waals surface area contributed by atoms with Crippen molar-refractivity contribution in [3.63, 3.8) is 0 Å². The van der Waals surface area contributed by atoms with Crippen LogP contribution in [0.4, 0.5) is 9.18 Å². The van der Waals surface area contributed by atoms with Crippen molar-refractivity contribution >= 4 is 18.0 Å². The molecule has 0 aromatic heterocycles. The molecule has 8 nitrogen and oxygen atoms in total. The van der Waals surface area contributed by atoms with Gasteiger partial charge < -0.3 is 19.1 Å². The van der Waals surface area contributed by atoms with E-state index in [0.29, 0.717) is 5.75 Å². The van der Waals surface area contributed by atoms with Crippen molar-refractivity contribution < 1.29 is 33.0 Å². The van der Waals surface area contributed by atoms with Gasteiger partial charge in [0.1, 0.15) is 19.0 Å². The molecule has 9 heteroatoms. The van der Waals surface area contributed by atoms with Crippen LogP contribution in [0.3, 0.4) is 0 Å². The van der Waals surface area contributed by atoms with Gasteiger partial charge in [-0.25, -0.2) is 9.18 Å². The second kappa shape index (κ2) is 10.2. The highest BCUT2D eigenvalue weighted by Gasteiger charge is 2.62. The average Bonchev–Trinajstić information content (AvgIpc) is 3.33. The first-order chi connectivity index (χ1) is 17.1. The Morgan fingerprint density at radius 3 is 2.33 bits per heavy atom. The number of carbonyl (C=O) groups is 3. The summed E-state index contributed by atoms with van der Waals surface area (Å²) in [7, 11) is 1.57. The average molecular weight is 499 g/mol. The molecular weight excluding hydrogens is 467 g/mol. The normalized spacial score (nSPS) is 21.3. The molecule has 0 saturated carbocycles. The van der Waals surface area contributed by atoms with Crippen LogP contribution >= 0.6 is 0 Å². The first-order valence-electron chi connectivity index (χ1n) is 11.9. The van der Waals surface area contributed by atoms with Gasteiger partial charge in [0.2, 0.25) is 5.67 Å². The number of rotatable bonds is 8. The number of methoxy groups -OCH3 is 1. The number of nitrogens with zero attached hydrogens (tertiary/aromatic N) is 2. The molecule has 2 amide bonds. The highest BCUT2D eigenvalue weighted by molar-refractivity contribution is 5.91. The van der Waals surface area contributed by atoms with Crippen LogP contribution in [0.2, 0.25) is 0 Å². The molecule has 2 saturated heterocycles. The molecular formula is C27H31FN2O6. The molecule has 2 heterocycles. The smallest absolute Gasteiger partial charge is 0.410 e. The minimum absolute atomic E-state index is 0.00897. The predicted octanol–water partition coefficient (Wildman–Crippen LogP) is 3.73. The maximum atomic E-state index is 15.8. The van der Waals surface area contributed by atoms with Gasteiger partial charge in [0.05, 0.1) is 18.6 Å². The van der Waals surface area contributed by atoms with Gasteiger partial charge in [0.25, 0.3) is 5.91 Å². The molecule has 4 rings (SSSR count). The van der Waals surface area contributed by atoms with Crippen molar-refractivity contribution in [3.8, 4) is 5.75 Å². The Hall–Kier alpha value is -3.62. The molecule has 0 bridgehead atoms. The Bertz CT molecular complexity index is 1110.